The van der Waals surface area contributed by atoms with Crippen molar-refractivity contribution >= 4 is 11.6 Å². The van der Waals surface area contributed by atoms with Gasteiger partial charge in [0.1, 0.15) is 0 Å². The van der Waals surface area contributed by atoms with E-state index in [9.17, 15) is 9.90 Å². The van der Waals surface area contributed by atoms with E-state index in [4.69, 9.17) is 5.73 Å². The smallest absolute Gasteiger partial charge is 0.251 e. The zero-order chi connectivity index (χ0) is 13.7. The summed E-state index contributed by atoms with van der Waals surface area (Å²) in [5.74, 6) is -0.233. The lowest BCUT2D eigenvalue weighted by Crippen LogP contribution is -2.30. The molecule has 1 atom stereocenters. The summed E-state index contributed by atoms with van der Waals surface area (Å²) in [6, 6.07) is 15.6. The number of nitrogens with two attached hydrogens (primary N) is 1. The summed E-state index contributed by atoms with van der Waals surface area (Å²) < 4.78 is 0. The fourth-order valence-electron chi connectivity index (χ4n) is 1.80. The van der Waals surface area contributed by atoms with Crippen molar-refractivity contribution in [2.24, 2.45) is 0 Å². The third-order valence-corrected chi connectivity index (χ3v) is 2.86. The van der Waals surface area contributed by atoms with Crippen LogP contribution in [0.2, 0.25) is 0 Å². The zero-order valence-electron chi connectivity index (χ0n) is 10.4. The summed E-state index contributed by atoms with van der Waals surface area (Å²) >= 11 is 0. The summed E-state index contributed by atoms with van der Waals surface area (Å²) in [5.41, 5.74) is 7.57. The minimum absolute atomic E-state index is 0.148. The Balaban J connectivity index is 2.10. The molecule has 2 aromatic carbocycles. The average molecular weight is 256 g/mol. The first-order chi connectivity index (χ1) is 9.20. The van der Waals surface area contributed by atoms with Crippen LogP contribution in [0.5, 0.6) is 0 Å². The minimum atomic E-state index is -0.411. The molecular weight excluding hydrogens is 240 g/mol. The third kappa shape index (κ3) is 3.33. The third-order valence-electron chi connectivity index (χ3n) is 2.86. The van der Waals surface area contributed by atoms with Gasteiger partial charge in [0.25, 0.3) is 5.91 Å². The van der Waals surface area contributed by atoms with Gasteiger partial charge in [-0.05, 0) is 29.8 Å². The Labute approximate surface area is 111 Å². The van der Waals surface area contributed by atoms with Gasteiger partial charge in [0.05, 0.1) is 12.6 Å². The second kappa shape index (κ2) is 6.02. The van der Waals surface area contributed by atoms with Gasteiger partial charge in [-0.15, -0.1) is 0 Å². The van der Waals surface area contributed by atoms with Gasteiger partial charge < -0.3 is 16.2 Å². The molecule has 0 bridgehead atoms. The molecule has 2 aromatic rings. The van der Waals surface area contributed by atoms with Crippen molar-refractivity contribution in [3.63, 3.8) is 0 Å². The minimum Gasteiger partial charge on any atom is -0.399 e. The largest absolute Gasteiger partial charge is 0.399 e. The van der Waals surface area contributed by atoms with Crippen molar-refractivity contribution in [2.45, 2.75) is 6.04 Å². The molecule has 4 nitrogen and oxygen atoms in total. The van der Waals surface area contributed by atoms with E-state index in [1.165, 1.54) is 0 Å². The molecule has 0 aliphatic heterocycles. The van der Waals surface area contributed by atoms with Crippen molar-refractivity contribution in [3.8, 4) is 0 Å². The van der Waals surface area contributed by atoms with Gasteiger partial charge in [-0.25, -0.2) is 0 Å². The quantitative estimate of drug-likeness (QED) is 0.729. The zero-order valence-corrected chi connectivity index (χ0v) is 10.4. The van der Waals surface area contributed by atoms with E-state index >= 15 is 0 Å². The predicted molar refractivity (Wildman–Crippen MR) is 74.6 cm³/mol. The molecule has 0 heterocycles. The standard InChI is InChI=1S/C15H16N2O2/c16-13-8-6-12(7-9-13)15(19)17-14(10-18)11-4-2-1-3-5-11/h1-9,14,18H,10,16H2,(H,17,19)/t14-/m0/s1. The first kappa shape index (κ1) is 13.1. The van der Waals surface area contributed by atoms with Gasteiger partial charge in [0.15, 0.2) is 0 Å². The Kier molecular flexibility index (Phi) is 4.15. The van der Waals surface area contributed by atoms with Crippen molar-refractivity contribution < 1.29 is 9.90 Å². The van der Waals surface area contributed by atoms with E-state index < -0.39 is 6.04 Å². The van der Waals surface area contributed by atoms with E-state index in [1.807, 2.05) is 30.3 Å². The average Bonchev–Trinajstić information content (AvgIpc) is 2.46. The summed E-state index contributed by atoms with van der Waals surface area (Å²) in [4.78, 5) is 12.0. The number of benzene rings is 2. The van der Waals surface area contributed by atoms with Crippen molar-refractivity contribution in [1.82, 2.24) is 5.32 Å². The number of aliphatic hydroxyl groups is 1. The van der Waals surface area contributed by atoms with Crippen LogP contribution in [0.1, 0.15) is 22.0 Å². The topological polar surface area (TPSA) is 75.4 Å². The van der Waals surface area contributed by atoms with Gasteiger partial charge in [0.2, 0.25) is 0 Å². The molecule has 0 saturated carbocycles. The van der Waals surface area contributed by atoms with Crippen LogP contribution in [0.4, 0.5) is 5.69 Å². The number of carbonyl (C=O) groups excluding carboxylic acids is 1. The van der Waals surface area contributed by atoms with Gasteiger partial charge in [-0.1, -0.05) is 30.3 Å². The Morgan fingerprint density at radius 2 is 1.74 bits per heavy atom. The van der Waals surface area contributed by atoms with Crippen LogP contribution < -0.4 is 11.1 Å². The molecular formula is C15H16N2O2. The predicted octanol–water partition coefficient (Wildman–Crippen LogP) is 1.73. The summed E-state index contributed by atoms with van der Waals surface area (Å²) in [5, 5.41) is 12.2. The van der Waals surface area contributed by atoms with Gasteiger partial charge in [-0.3, -0.25) is 4.79 Å². The number of nitrogen functional groups attached to an aromatic ring is 1. The lowest BCUT2D eigenvalue weighted by molar-refractivity contribution is 0.0916. The van der Waals surface area contributed by atoms with Crippen LogP contribution in [0, 0.1) is 0 Å². The number of rotatable bonds is 4. The number of amides is 1. The molecule has 0 aliphatic rings. The van der Waals surface area contributed by atoms with E-state index in [0.717, 1.165) is 5.56 Å². The van der Waals surface area contributed by atoms with E-state index in [2.05, 4.69) is 5.32 Å². The lowest BCUT2D eigenvalue weighted by atomic mass is 10.1. The van der Waals surface area contributed by atoms with Gasteiger partial charge in [0, 0.05) is 11.3 Å². The van der Waals surface area contributed by atoms with Crippen molar-refractivity contribution in [2.75, 3.05) is 12.3 Å². The van der Waals surface area contributed by atoms with E-state index in [-0.39, 0.29) is 12.5 Å². The highest BCUT2D eigenvalue weighted by atomic mass is 16.3. The van der Waals surface area contributed by atoms with Crippen LogP contribution in [-0.4, -0.2) is 17.6 Å². The highest BCUT2D eigenvalue weighted by molar-refractivity contribution is 5.94. The van der Waals surface area contributed by atoms with Crippen LogP contribution in [0.15, 0.2) is 54.6 Å². The summed E-state index contributed by atoms with van der Waals surface area (Å²) in [6.45, 7) is -0.148. The molecule has 4 heteroatoms. The highest BCUT2D eigenvalue weighted by Gasteiger charge is 2.14. The Morgan fingerprint density at radius 1 is 1.11 bits per heavy atom. The first-order valence-electron chi connectivity index (χ1n) is 6.03. The number of hydrogen-bond acceptors (Lipinski definition) is 3. The maximum absolute atomic E-state index is 12.0. The fourth-order valence-corrected chi connectivity index (χ4v) is 1.80. The lowest BCUT2D eigenvalue weighted by Gasteiger charge is -2.16. The normalized spacial score (nSPS) is 11.8. The summed E-state index contributed by atoms with van der Waals surface area (Å²) in [7, 11) is 0. The molecule has 98 valence electrons. The van der Waals surface area contributed by atoms with Crippen LogP contribution in [0.3, 0.4) is 0 Å². The second-order valence-corrected chi connectivity index (χ2v) is 4.24. The van der Waals surface area contributed by atoms with Crippen LogP contribution in [-0.2, 0) is 0 Å². The number of aliphatic hydroxyl groups excluding tert-OH is 1. The molecule has 0 aromatic heterocycles. The Hall–Kier alpha value is -2.33. The highest BCUT2D eigenvalue weighted by Crippen LogP contribution is 2.13. The molecule has 4 N–H and O–H groups in total. The molecule has 0 spiro atoms. The molecule has 0 aliphatic carbocycles. The van der Waals surface area contributed by atoms with Gasteiger partial charge >= 0.3 is 0 Å². The van der Waals surface area contributed by atoms with Crippen molar-refractivity contribution in [1.29, 1.82) is 0 Å². The molecule has 0 radical (unpaired) electrons. The molecule has 2 rings (SSSR count). The number of nitrogens with one attached hydrogen (secondary N) is 1. The second-order valence-electron chi connectivity index (χ2n) is 4.24. The van der Waals surface area contributed by atoms with Crippen LogP contribution in [0.25, 0.3) is 0 Å². The number of anilines is 1. The van der Waals surface area contributed by atoms with E-state index in [1.54, 1.807) is 24.3 Å². The number of hydrogen-bond donors (Lipinski definition) is 3. The Bertz CT molecular complexity index is 538. The maximum atomic E-state index is 12.0. The SMILES string of the molecule is Nc1ccc(C(=O)N[C@@H](CO)c2ccccc2)cc1. The fraction of sp³-hybridized carbons (Fsp3) is 0.133. The number of carbonyl (C=O) groups is 1. The maximum Gasteiger partial charge on any atom is 0.251 e. The molecule has 0 fully saturated rings. The summed E-state index contributed by atoms with van der Waals surface area (Å²) in [6.07, 6.45) is 0. The molecule has 0 saturated heterocycles. The van der Waals surface area contributed by atoms with E-state index in [0.29, 0.717) is 11.3 Å². The van der Waals surface area contributed by atoms with Gasteiger partial charge in [-0.2, -0.15) is 0 Å². The first-order valence-corrected chi connectivity index (χ1v) is 6.03. The molecule has 19 heavy (non-hydrogen) atoms. The molecule has 0 unspecified atom stereocenters. The van der Waals surface area contributed by atoms with Crippen LogP contribution >= 0.6 is 0 Å². The van der Waals surface area contributed by atoms with Crippen molar-refractivity contribution in [3.05, 3.63) is 65.7 Å². The Morgan fingerprint density at radius 3 is 2.32 bits per heavy atom. The molecule has 1 amide bonds. The monoisotopic (exact) mass is 256 g/mol.